The Kier molecular flexibility index (Phi) is 5.98. The Labute approximate surface area is 161 Å². The second kappa shape index (κ2) is 8.79. The van der Waals surface area contributed by atoms with Crippen molar-refractivity contribution in [3.8, 4) is 17.3 Å². The number of benzene rings is 2. The number of carbonyl (C=O) groups is 1. The van der Waals surface area contributed by atoms with Crippen molar-refractivity contribution in [2.45, 2.75) is 13.0 Å². The fourth-order valence-electron chi connectivity index (χ4n) is 2.46. The molecule has 3 aromatic rings. The minimum absolute atomic E-state index is 0.332. The highest BCUT2D eigenvalue weighted by molar-refractivity contribution is 6.30. The summed E-state index contributed by atoms with van der Waals surface area (Å²) in [5.74, 6) is -0.332. The van der Waals surface area contributed by atoms with E-state index in [-0.39, 0.29) is 5.91 Å². The molecule has 1 amide bonds. The lowest BCUT2D eigenvalue weighted by Crippen LogP contribution is -2.17. The molecule has 27 heavy (non-hydrogen) atoms. The number of hydrogen-bond donors (Lipinski definition) is 1. The number of amides is 1. The summed E-state index contributed by atoms with van der Waals surface area (Å²) in [5, 5.41) is 17.9. The van der Waals surface area contributed by atoms with Crippen LogP contribution in [0.3, 0.4) is 0 Å². The molecule has 0 aliphatic rings. The van der Waals surface area contributed by atoms with E-state index in [1.165, 1.54) is 0 Å². The first-order valence-corrected chi connectivity index (χ1v) is 8.64. The third-order valence-electron chi connectivity index (χ3n) is 3.77. The van der Waals surface area contributed by atoms with Gasteiger partial charge in [0, 0.05) is 27.9 Å². The molecule has 0 spiro atoms. The molecule has 0 unspecified atom stereocenters. The molecule has 1 N–H and O–H groups in total. The molecular formula is C20H16ClN5O. The lowest BCUT2D eigenvalue weighted by molar-refractivity contribution is 0.0955. The van der Waals surface area contributed by atoms with Gasteiger partial charge in [-0.15, -0.1) is 0 Å². The molecule has 7 heteroatoms. The molecule has 0 aliphatic heterocycles. The first-order valence-electron chi connectivity index (χ1n) is 8.26. The fourth-order valence-corrected chi connectivity index (χ4v) is 2.58. The highest BCUT2D eigenvalue weighted by Gasteiger charge is 2.10. The van der Waals surface area contributed by atoms with Crippen LogP contribution in [0.15, 0.2) is 65.9 Å². The molecule has 0 bridgehead atoms. The Balaban J connectivity index is 1.79. The quantitative estimate of drug-likeness (QED) is 0.522. The maximum atomic E-state index is 12.1. The predicted molar refractivity (Wildman–Crippen MR) is 104 cm³/mol. The number of hydrogen-bond acceptors (Lipinski definition) is 4. The maximum absolute atomic E-state index is 12.1. The smallest absolute Gasteiger partial charge is 0.270 e. The van der Waals surface area contributed by atoms with Crippen molar-refractivity contribution in [3.05, 3.63) is 76.9 Å². The predicted octanol–water partition coefficient (Wildman–Crippen LogP) is 3.88. The van der Waals surface area contributed by atoms with Crippen molar-refractivity contribution in [2.24, 2.45) is 5.10 Å². The van der Waals surface area contributed by atoms with Crippen LogP contribution >= 0.6 is 11.6 Å². The Bertz CT molecular complexity index is 987. The van der Waals surface area contributed by atoms with Crippen LogP contribution in [0.5, 0.6) is 0 Å². The van der Waals surface area contributed by atoms with Gasteiger partial charge in [0.1, 0.15) is 5.69 Å². The van der Waals surface area contributed by atoms with E-state index >= 15 is 0 Å². The number of nitriles is 1. The summed E-state index contributed by atoms with van der Waals surface area (Å²) in [6.07, 6.45) is 3.71. The van der Waals surface area contributed by atoms with Crippen molar-refractivity contribution in [2.75, 3.05) is 0 Å². The molecule has 0 aliphatic carbocycles. The van der Waals surface area contributed by atoms with Gasteiger partial charge in [-0.25, -0.2) is 5.43 Å². The van der Waals surface area contributed by atoms with Crippen LogP contribution in [0.2, 0.25) is 5.02 Å². The average Bonchev–Trinajstić information content (AvgIpc) is 3.10. The minimum Gasteiger partial charge on any atom is -0.270 e. The van der Waals surface area contributed by atoms with Crippen molar-refractivity contribution in [1.82, 2.24) is 15.2 Å². The van der Waals surface area contributed by atoms with Crippen LogP contribution in [0, 0.1) is 11.3 Å². The molecule has 3 rings (SSSR count). The largest absolute Gasteiger partial charge is 0.271 e. The van der Waals surface area contributed by atoms with E-state index in [1.807, 2.05) is 30.3 Å². The Morgan fingerprint density at radius 2 is 1.96 bits per heavy atom. The summed E-state index contributed by atoms with van der Waals surface area (Å²) >= 11 is 5.82. The molecule has 1 heterocycles. The zero-order valence-electron chi connectivity index (χ0n) is 14.3. The Hall–Kier alpha value is -3.43. The molecule has 0 saturated heterocycles. The van der Waals surface area contributed by atoms with E-state index in [1.54, 1.807) is 41.4 Å². The van der Waals surface area contributed by atoms with Gasteiger partial charge in [0.25, 0.3) is 5.91 Å². The van der Waals surface area contributed by atoms with Gasteiger partial charge in [-0.2, -0.15) is 15.5 Å². The van der Waals surface area contributed by atoms with Gasteiger partial charge in [-0.1, -0.05) is 41.9 Å². The molecule has 6 nitrogen and oxygen atoms in total. The van der Waals surface area contributed by atoms with E-state index in [0.717, 1.165) is 16.8 Å². The van der Waals surface area contributed by atoms with Gasteiger partial charge >= 0.3 is 0 Å². The molecule has 0 saturated carbocycles. The summed E-state index contributed by atoms with van der Waals surface area (Å²) < 4.78 is 1.70. The molecule has 134 valence electrons. The summed E-state index contributed by atoms with van der Waals surface area (Å²) in [6, 6.07) is 18.3. The normalized spacial score (nSPS) is 10.7. The van der Waals surface area contributed by atoms with Crippen molar-refractivity contribution < 1.29 is 4.79 Å². The van der Waals surface area contributed by atoms with E-state index < -0.39 is 0 Å². The lowest BCUT2D eigenvalue weighted by Gasteiger charge is -2.00. The number of nitrogens with zero attached hydrogens (tertiary/aromatic N) is 4. The third-order valence-corrected chi connectivity index (χ3v) is 4.02. The van der Waals surface area contributed by atoms with Crippen molar-refractivity contribution in [3.63, 3.8) is 0 Å². The molecular weight excluding hydrogens is 362 g/mol. The second-order valence-electron chi connectivity index (χ2n) is 5.68. The highest BCUT2D eigenvalue weighted by Crippen LogP contribution is 2.20. The standard InChI is InChI=1S/C20H16ClN5O/c21-18-9-7-16(8-10-18)20(27)24-23-13-17-14-26(12-4-11-22)25-19(17)15-5-2-1-3-6-15/h1-3,5-10,13-14H,4,12H2,(H,24,27)/b23-13-. The van der Waals surface area contributed by atoms with Crippen LogP contribution in [-0.4, -0.2) is 21.9 Å². The topological polar surface area (TPSA) is 83.1 Å². The molecule has 0 radical (unpaired) electrons. The zero-order chi connectivity index (χ0) is 19.1. The number of rotatable bonds is 6. The number of nitrogens with one attached hydrogen (secondary N) is 1. The van der Waals surface area contributed by atoms with E-state index in [9.17, 15) is 4.79 Å². The first-order chi connectivity index (χ1) is 13.2. The Morgan fingerprint density at radius 3 is 2.67 bits per heavy atom. The summed E-state index contributed by atoms with van der Waals surface area (Å²) in [5.41, 5.74) is 5.37. The number of carbonyl (C=O) groups excluding carboxylic acids is 1. The molecule has 0 fully saturated rings. The van der Waals surface area contributed by atoms with Gasteiger partial charge < -0.3 is 0 Å². The first kappa shape index (κ1) is 18.4. The van der Waals surface area contributed by atoms with Crippen LogP contribution in [0.1, 0.15) is 22.3 Å². The van der Waals surface area contributed by atoms with Gasteiger partial charge in [0.15, 0.2) is 0 Å². The van der Waals surface area contributed by atoms with Crippen LogP contribution in [0.4, 0.5) is 0 Å². The van der Waals surface area contributed by atoms with Crippen LogP contribution in [-0.2, 0) is 6.54 Å². The van der Waals surface area contributed by atoms with E-state index in [0.29, 0.717) is 23.6 Å². The average molecular weight is 378 g/mol. The number of halogens is 1. The van der Waals surface area contributed by atoms with Crippen molar-refractivity contribution >= 4 is 23.7 Å². The highest BCUT2D eigenvalue weighted by atomic mass is 35.5. The van der Waals surface area contributed by atoms with Gasteiger partial charge in [-0.3, -0.25) is 9.48 Å². The maximum Gasteiger partial charge on any atom is 0.271 e. The minimum atomic E-state index is -0.332. The van der Waals surface area contributed by atoms with Crippen LogP contribution in [0.25, 0.3) is 11.3 Å². The monoisotopic (exact) mass is 377 g/mol. The molecule has 1 aromatic heterocycles. The van der Waals surface area contributed by atoms with E-state index in [2.05, 4.69) is 21.7 Å². The fraction of sp³-hybridized carbons (Fsp3) is 0.100. The van der Waals surface area contributed by atoms with Crippen LogP contribution < -0.4 is 5.43 Å². The van der Waals surface area contributed by atoms with Gasteiger partial charge in [0.05, 0.1) is 25.2 Å². The van der Waals surface area contributed by atoms with Crippen molar-refractivity contribution in [1.29, 1.82) is 5.26 Å². The number of aryl methyl sites for hydroxylation is 1. The summed E-state index contributed by atoms with van der Waals surface area (Å²) in [4.78, 5) is 12.1. The SMILES string of the molecule is N#CCCn1cc(/C=N\NC(=O)c2ccc(Cl)cc2)c(-c2ccccc2)n1. The van der Waals surface area contributed by atoms with E-state index in [4.69, 9.17) is 16.9 Å². The van der Waals surface area contributed by atoms with Gasteiger partial charge in [0.2, 0.25) is 0 Å². The summed E-state index contributed by atoms with van der Waals surface area (Å²) in [6.45, 7) is 0.487. The zero-order valence-corrected chi connectivity index (χ0v) is 15.1. The summed E-state index contributed by atoms with van der Waals surface area (Å²) in [7, 11) is 0. The third kappa shape index (κ3) is 4.81. The van der Waals surface area contributed by atoms with Gasteiger partial charge in [-0.05, 0) is 24.3 Å². The number of aromatic nitrogens is 2. The molecule has 0 atom stereocenters. The number of hydrazone groups is 1. The second-order valence-corrected chi connectivity index (χ2v) is 6.11. The molecule has 2 aromatic carbocycles. The lowest BCUT2D eigenvalue weighted by atomic mass is 10.1. The Morgan fingerprint density at radius 1 is 1.22 bits per heavy atom.